The van der Waals surface area contributed by atoms with E-state index in [0.29, 0.717) is 10.6 Å². The van der Waals surface area contributed by atoms with Crippen molar-refractivity contribution in [1.82, 2.24) is 15.1 Å². The zero-order valence-corrected chi connectivity index (χ0v) is 13.3. The van der Waals surface area contributed by atoms with Crippen LogP contribution in [-0.4, -0.2) is 32.0 Å². The predicted octanol–water partition coefficient (Wildman–Crippen LogP) is 2.22. The maximum absolute atomic E-state index is 11.3. The van der Waals surface area contributed by atoms with Crippen molar-refractivity contribution < 1.29 is 15.0 Å². The third-order valence-corrected chi connectivity index (χ3v) is 3.65. The fraction of sp³-hybridized carbons (Fsp3) is 0.286. The molecule has 8 heteroatoms. The van der Waals surface area contributed by atoms with Gasteiger partial charge >= 0.3 is 5.97 Å². The number of carboxylic acids is 1. The minimum atomic E-state index is -0.989. The molecule has 0 amide bonds. The summed E-state index contributed by atoms with van der Waals surface area (Å²) in [5.74, 6) is -1.10. The number of rotatable bonds is 6. The van der Waals surface area contributed by atoms with E-state index < -0.39 is 12.0 Å². The summed E-state index contributed by atoms with van der Waals surface area (Å²) >= 11 is 11.7. The Labute approximate surface area is 137 Å². The van der Waals surface area contributed by atoms with Gasteiger partial charge in [-0.3, -0.25) is 14.8 Å². The summed E-state index contributed by atoms with van der Waals surface area (Å²) in [6.45, 7) is 0.128. The number of halogens is 2. The molecule has 2 aromatic rings. The van der Waals surface area contributed by atoms with E-state index in [0.717, 1.165) is 5.56 Å². The molecule has 0 fully saturated rings. The minimum Gasteiger partial charge on any atom is -0.506 e. The Bertz CT molecular complexity index is 688. The molecule has 0 saturated carbocycles. The summed E-state index contributed by atoms with van der Waals surface area (Å²) in [6.07, 6.45) is 3.65. The van der Waals surface area contributed by atoms with Crippen LogP contribution in [0.5, 0.6) is 5.75 Å². The number of hydrogen-bond donors (Lipinski definition) is 3. The summed E-state index contributed by atoms with van der Waals surface area (Å²) in [5.41, 5.74) is 1.24. The molecule has 1 heterocycles. The summed E-state index contributed by atoms with van der Waals surface area (Å²) in [6, 6.07) is 2.15. The smallest absolute Gasteiger partial charge is 0.321 e. The molecule has 1 unspecified atom stereocenters. The summed E-state index contributed by atoms with van der Waals surface area (Å²) in [5, 5.41) is 26.6. The fourth-order valence-corrected chi connectivity index (χ4v) is 2.58. The SMILES string of the molecule is Cn1cc(CC(NCc2cc(Cl)cc(Cl)c2O)C(=O)O)cn1. The van der Waals surface area contributed by atoms with E-state index in [1.165, 1.54) is 6.07 Å². The molecule has 0 spiro atoms. The highest BCUT2D eigenvalue weighted by atomic mass is 35.5. The van der Waals surface area contributed by atoms with Gasteiger partial charge in [0, 0.05) is 36.8 Å². The molecule has 0 aliphatic rings. The Morgan fingerprint density at radius 2 is 2.18 bits per heavy atom. The quantitative estimate of drug-likeness (QED) is 0.748. The largest absolute Gasteiger partial charge is 0.506 e. The van der Waals surface area contributed by atoms with Crippen LogP contribution in [0.2, 0.25) is 10.0 Å². The highest BCUT2D eigenvalue weighted by Gasteiger charge is 2.19. The van der Waals surface area contributed by atoms with Crippen LogP contribution in [-0.2, 0) is 24.8 Å². The van der Waals surface area contributed by atoms with Gasteiger partial charge in [-0.2, -0.15) is 5.10 Å². The molecule has 0 aliphatic heterocycles. The van der Waals surface area contributed by atoms with Gasteiger partial charge < -0.3 is 10.2 Å². The van der Waals surface area contributed by atoms with Crippen molar-refractivity contribution in [3.05, 3.63) is 45.7 Å². The number of nitrogens with zero attached hydrogens (tertiary/aromatic N) is 2. The van der Waals surface area contributed by atoms with Gasteiger partial charge in [0.15, 0.2) is 0 Å². The monoisotopic (exact) mass is 343 g/mol. The average molecular weight is 344 g/mol. The molecular formula is C14H15Cl2N3O3. The van der Waals surface area contributed by atoms with Crippen molar-refractivity contribution in [2.45, 2.75) is 19.0 Å². The third kappa shape index (κ3) is 4.13. The zero-order valence-electron chi connectivity index (χ0n) is 11.8. The predicted molar refractivity (Wildman–Crippen MR) is 83.3 cm³/mol. The lowest BCUT2D eigenvalue weighted by Crippen LogP contribution is -2.38. The Morgan fingerprint density at radius 3 is 2.77 bits per heavy atom. The van der Waals surface area contributed by atoms with E-state index in [1.54, 1.807) is 30.2 Å². The number of carboxylic acid groups (broad SMARTS) is 1. The van der Waals surface area contributed by atoms with Gasteiger partial charge in [-0.25, -0.2) is 0 Å². The molecule has 0 bridgehead atoms. The van der Waals surface area contributed by atoms with Gasteiger partial charge in [0.25, 0.3) is 0 Å². The van der Waals surface area contributed by atoms with Crippen molar-refractivity contribution in [2.24, 2.45) is 7.05 Å². The van der Waals surface area contributed by atoms with E-state index in [4.69, 9.17) is 23.2 Å². The van der Waals surface area contributed by atoms with E-state index in [1.807, 2.05) is 0 Å². The van der Waals surface area contributed by atoms with Crippen LogP contribution < -0.4 is 5.32 Å². The normalized spacial score (nSPS) is 12.3. The summed E-state index contributed by atoms with van der Waals surface area (Å²) < 4.78 is 1.61. The molecule has 1 atom stereocenters. The lowest BCUT2D eigenvalue weighted by atomic mass is 10.1. The average Bonchev–Trinajstić information content (AvgIpc) is 2.84. The number of phenolic OH excluding ortho intramolecular Hbond substituents is 1. The van der Waals surface area contributed by atoms with E-state index in [-0.39, 0.29) is 23.7 Å². The number of benzene rings is 1. The first-order chi connectivity index (χ1) is 10.4. The molecule has 6 nitrogen and oxygen atoms in total. The number of aryl methyl sites for hydroxylation is 1. The van der Waals surface area contributed by atoms with E-state index >= 15 is 0 Å². The Hall–Kier alpha value is -1.76. The molecule has 118 valence electrons. The van der Waals surface area contributed by atoms with Crippen LogP contribution in [0.15, 0.2) is 24.5 Å². The van der Waals surface area contributed by atoms with Crippen molar-refractivity contribution in [1.29, 1.82) is 0 Å². The van der Waals surface area contributed by atoms with Gasteiger partial charge in [0.2, 0.25) is 0 Å². The second-order valence-corrected chi connectivity index (χ2v) is 5.74. The molecule has 22 heavy (non-hydrogen) atoms. The Morgan fingerprint density at radius 1 is 1.45 bits per heavy atom. The number of nitrogens with one attached hydrogen (secondary N) is 1. The van der Waals surface area contributed by atoms with Gasteiger partial charge in [-0.1, -0.05) is 23.2 Å². The summed E-state index contributed by atoms with van der Waals surface area (Å²) in [7, 11) is 1.76. The van der Waals surface area contributed by atoms with Gasteiger partial charge in [-0.05, 0) is 17.7 Å². The molecule has 2 rings (SSSR count). The topological polar surface area (TPSA) is 87.4 Å². The van der Waals surface area contributed by atoms with E-state index in [2.05, 4.69) is 10.4 Å². The number of aromatic nitrogens is 2. The fourth-order valence-electron chi connectivity index (χ4n) is 2.05. The number of hydrogen-bond acceptors (Lipinski definition) is 4. The lowest BCUT2D eigenvalue weighted by molar-refractivity contribution is -0.139. The number of aromatic hydroxyl groups is 1. The van der Waals surface area contributed by atoms with Gasteiger partial charge in [0.05, 0.1) is 11.2 Å². The first-order valence-corrected chi connectivity index (χ1v) is 7.23. The third-order valence-electron chi connectivity index (χ3n) is 3.14. The first-order valence-electron chi connectivity index (χ1n) is 6.47. The van der Waals surface area contributed by atoms with Crippen molar-refractivity contribution in [2.75, 3.05) is 0 Å². The standard InChI is InChI=1S/C14H15Cl2N3O3/c1-19-7-8(5-18-19)2-12(14(21)22)17-6-9-3-10(15)4-11(16)13(9)20/h3-5,7,12,17,20H,2,6H2,1H3,(H,21,22). The van der Waals surface area contributed by atoms with Gasteiger partial charge in [0.1, 0.15) is 11.8 Å². The highest BCUT2D eigenvalue weighted by molar-refractivity contribution is 6.35. The van der Waals surface area contributed by atoms with Crippen molar-refractivity contribution in [3.8, 4) is 5.75 Å². The molecule has 3 N–H and O–H groups in total. The molecular weight excluding hydrogens is 329 g/mol. The maximum Gasteiger partial charge on any atom is 0.321 e. The van der Waals surface area contributed by atoms with Crippen molar-refractivity contribution >= 4 is 29.2 Å². The lowest BCUT2D eigenvalue weighted by Gasteiger charge is -2.15. The van der Waals surface area contributed by atoms with Crippen molar-refractivity contribution in [3.63, 3.8) is 0 Å². The van der Waals surface area contributed by atoms with Crippen LogP contribution in [0.25, 0.3) is 0 Å². The second-order valence-electron chi connectivity index (χ2n) is 4.89. The molecule has 1 aromatic carbocycles. The summed E-state index contributed by atoms with van der Waals surface area (Å²) in [4.78, 5) is 11.3. The first kappa shape index (κ1) is 16.6. The highest BCUT2D eigenvalue weighted by Crippen LogP contribution is 2.31. The van der Waals surface area contributed by atoms with Gasteiger partial charge in [-0.15, -0.1) is 0 Å². The van der Waals surface area contributed by atoms with Crippen LogP contribution >= 0.6 is 23.2 Å². The molecule has 1 aromatic heterocycles. The Balaban J connectivity index is 2.08. The maximum atomic E-state index is 11.3. The number of carbonyl (C=O) groups is 1. The minimum absolute atomic E-state index is 0.107. The van der Waals surface area contributed by atoms with Crippen LogP contribution in [0.3, 0.4) is 0 Å². The van der Waals surface area contributed by atoms with Crippen LogP contribution in [0.4, 0.5) is 0 Å². The van der Waals surface area contributed by atoms with Crippen LogP contribution in [0, 0.1) is 0 Å². The molecule has 0 aliphatic carbocycles. The van der Waals surface area contributed by atoms with Crippen LogP contribution in [0.1, 0.15) is 11.1 Å². The Kier molecular flexibility index (Phi) is 5.28. The number of aliphatic carboxylic acids is 1. The second kappa shape index (κ2) is 7.00. The zero-order chi connectivity index (χ0) is 16.3. The number of phenols is 1. The van der Waals surface area contributed by atoms with E-state index in [9.17, 15) is 15.0 Å². The molecule has 0 radical (unpaired) electrons. The molecule has 0 saturated heterocycles.